The molecule has 2 aliphatic heterocycles. The van der Waals surface area contributed by atoms with Crippen LogP contribution >= 0.6 is 15.9 Å². The first kappa shape index (κ1) is 10.3. The Morgan fingerprint density at radius 1 is 1.38 bits per heavy atom. The number of halogens is 1. The van der Waals surface area contributed by atoms with E-state index in [0.29, 0.717) is 30.9 Å². The quantitative estimate of drug-likeness (QED) is 0.734. The number of hydrogen-bond donors (Lipinski definition) is 0. The van der Waals surface area contributed by atoms with Crippen molar-refractivity contribution in [1.29, 1.82) is 0 Å². The summed E-state index contributed by atoms with van der Waals surface area (Å²) < 4.78 is 12.2. The molecule has 84 valence electrons. The molecule has 0 radical (unpaired) electrons. The maximum atomic E-state index is 12.0. The largest absolute Gasteiger partial charge is 0.483 e. The molecule has 1 aromatic carbocycles. The highest BCUT2D eigenvalue weighted by molar-refractivity contribution is 9.10. The predicted octanol–water partition coefficient (Wildman–Crippen LogP) is 2.57. The zero-order valence-electron chi connectivity index (χ0n) is 8.66. The summed E-state index contributed by atoms with van der Waals surface area (Å²) >= 11 is 3.38. The highest BCUT2D eigenvalue weighted by Crippen LogP contribution is 2.38. The summed E-state index contributed by atoms with van der Waals surface area (Å²) in [6.45, 7) is 1.20. The maximum Gasteiger partial charge on any atom is 0.170 e. The van der Waals surface area contributed by atoms with Gasteiger partial charge >= 0.3 is 0 Å². The second-order valence-electron chi connectivity index (χ2n) is 4.33. The molecule has 16 heavy (non-hydrogen) atoms. The van der Waals surface area contributed by atoms with Gasteiger partial charge in [-0.2, -0.15) is 0 Å². The van der Waals surface area contributed by atoms with Crippen LogP contribution in [0.1, 0.15) is 23.2 Å². The van der Waals surface area contributed by atoms with E-state index in [4.69, 9.17) is 9.47 Å². The molecule has 3 rings (SSSR count). The van der Waals surface area contributed by atoms with Gasteiger partial charge in [-0.15, -0.1) is 0 Å². The summed E-state index contributed by atoms with van der Waals surface area (Å²) in [4.78, 5) is 12.0. The zero-order chi connectivity index (χ0) is 11.2. The molecule has 1 atom stereocenters. The fraction of sp³-hybridized carbons (Fsp3) is 0.417. The molecule has 0 N–H and O–H groups in total. The van der Waals surface area contributed by atoms with Crippen molar-refractivity contribution >= 4 is 21.7 Å². The fourth-order valence-corrected chi connectivity index (χ4v) is 2.62. The third-order valence-corrected chi connectivity index (χ3v) is 3.61. The molecule has 1 saturated heterocycles. The van der Waals surface area contributed by atoms with Crippen LogP contribution in [0.15, 0.2) is 22.7 Å². The number of fused-ring (bicyclic) bond motifs is 1. The topological polar surface area (TPSA) is 35.5 Å². The third kappa shape index (κ3) is 1.57. The number of rotatable bonds is 0. The Hall–Kier alpha value is -0.870. The van der Waals surface area contributed by atoms with E-state index in [1.165, 1.54) is 0 Å². The van der Waals surface area contributed by atoms with Gasteiger partial charge in [0.1, 0.15) is 11.4 Å². The number of carbonyl (C=O) groups is 1. The Morgan fingerprint density at radius 3 is 3.00 bits per heavy atom. The summed E-state index contributed by atoms with van der Waals surface area (Å²) in [6.07, 6.45) is 1.23. The molecule has 3 nitrogen and oxygen atoms in total. The van der Waals surface area contributed by atoms with E-state index in [2.05, 4.69) is 15.9 Å². The standard InChI is InChI=1S/C12H11BrO3/c13-8-1-2-9-10(14)6-12(3-4-15-7-12)16-11(9)5-8/h1-2,5H,3-4,6-7H2. The smallest absolute Gasteiger partial charge is 0.170 e. The van der Waals surface area contributed by atoms with Crippen molar-refractivity contribution in [3.8, 4) is 5.75 Å². The minimum Gasteiger partial charge on any atom is -0.483 e. The number of carbonyl (C=O) groups excluding carboxylic acids is 1. The highest BCUT2D eigenvalue weighted by Gasteiger charge is 2.43. The van der Waals surface area contributed by atoms with E-state index in [-0.39, 0.29) is 5.78 Å². The third-order valence-electron chi connectivity index (χ3n) is 3.12. The fourth-order valence-electron chi connectivity index (χ4n) is 2.28. The van der Waals surface area contributed by atoms with Crippen molar-refractivity contribution in [2.75, 3.05) is 13.2 Å². The van der Waals surface area contributed by atoms with Gasteiger partial charge in [0.2, 0.25) is 0 Å². The summed E-state index contributed by atoms with van der Waals surface area (Å²) in [7, 11) is 0. The Kier molecular flexibility index (Phi) is 2.30. The maximum absolute atomic E-state index is 12.0. The number of benzene rings is 1. The van der Waals surface area contributed by atoms with Crippen LogP contribution in [0.5, 0.6) is 5.75 Å². The van der Waals surface area contributed by atoms with E-state index in [1.807, 2.05) is 18.2 Å². The van der Waals surface area contributed by atoms with Crippen molar-refractivity contribution in [3.63, 3.8) is 0 Å². The van der Waals surface area contributed by atoms with Crippen molar-refractivity contribution in [2.45, 2.75) is 18.4 Å². The van der Waals surface area contributed by atoms with Gasteiger partial charge < -0.3 is 9.47 Å². The lowest BCUT2D eigenvalue weighted by Crippen LogP contribution is -2.42. The van der Waals surface area contributed by atoms with Crippen LogP contribution in [0.2, 0.25) is 0 Å². The van der Waals surface area contributed by atoms with Crippen molar-refractivity contribution in [2.24, 2.45) is 0 Å². The highest BCUT2D eigenvalue weighted by atomic mass is 79.9. The molecule has 2 heterocycles. The SMILES string of the molecule is O=C1CC2(CCOC2)Oc2cc(Br)ccc21. The molecule has 1 fully saturated rings. The second kappa shape index (κ2) is 3.57. The summed E-state index contributed by atoms with van der Waals surface area (Å²) in [5.41, 5.74) is 0.269. The molecule has 0 saturated carbocycles. The van der Waals surface area contributed by atoms with Gasteiger partial charge in [0.15, 0.2) is 5.78 Å². The molecule has 1 spiro atoms. The first-order valence-electron chi connectivity index (χ1n) is 5.28. The lowest BCUT2D eigenvalue weighted by atomic mass is 9.89. The average Bonchev–Trinajstić information content (AvgIpc) is 2.65. The van der Waals surface area contributed by atoms with E-state index in [1.54, 1.807) is 0 Å². The average molecular weight is 283 g/mol. The van der Waals surface area contributed by atoms with Gasteiger partial charge in [0.05, 0.1) is 25.2 Å². The molecular weight excluding hydrogens is 272 g/mol. The second-order valence-corrected chi connectivity index (χ2v) is 5.24. The summed E-state index contributed by atoms with van der Waals surface area (Å²) in [5, 5.41) is 0. The van der Waals surface area contributed by atoms with E-state index >= 15 is 0 Å². The van der Waals surface area contributed by atoms with E-state index in [0.717, 1.165) is 10.9 Å². The Labute approximate surface area is 102 Å². The molecule has 4 heteroatoms. The molecule has 0 aliphatic carbocycles. The lowest BCUT2D eigenvalue weighted by molar-refractivity contribution is 0.0305. The van der Waals surface area contributed by atoms with Crippen LogP contribution in [0, 0.1) is 0 Å². The van der Waals surface area contributed by atoms with E-state index < -0.39 is 5.60 Å². The van der Waals surface area contributed by atoms with Crippen LogP contribution in [0.25, 0.3) is 0 Å². The first-order chi connectivity index (χ1) is 7.69. The molecule has 0 bridgehead atoms. The zero-order valence-corrected chi connectivity index (χ0v) is 10.2. The van der Waals surface area contributed by atoms with Crippen LogP contribution in [0.3, 0.4) is 0 Å². The lowest BCUT2D eigenvalue weighted by Gasteiger charge is -2.33. The first-order valence-corrected chi connectivity index (χ1v) is 6.07. The Balaban J connectivity index is 2.03. The number of Topliss-reactive ketones (excluding diaryl/α,β-unsaturated/α-hetero) is 1. The predicted molar refractivity (Wildman–Crippen MR) is 61.9 cm³/mol. The Bertz CT molecular complexity index is 450. The molecule has 2 aliphatic rings. The summed E-state index contributed by atoms with van der Waals surface area (Å²) in [5.74, 6) is 0.829. The molecule has 1 aromatic rings. The minimum absolute atomic E-state index is 0.152. The van der Waals surface area contributed by atoms with Crippen LogP contribution in [-0.2, 0) is 4.74 Å². The molecule has 0 amide bonds. The van der Waals surface area contributed by atoms with Crippen LogP contribution < -0.4 is 4.74 Å². The van der Waals surface area contributed by atoms with Crippen molar-refractivity contribution in [1.82, 2.24) is 0 Å². The molecule has 0 aromatic heterocycles. The van der Waals surface area contributed by atoms with Crippen molar-refractivity contribution < 1.29 is 14.3 Å². The van der Waals surface area contributed by atoms with E-state index in [9.17, 15) is 4.79 Å². The van der Waals surface area contributed by atoms with Gasteiger partial charge in [-0.25, -0.2) is 0 Å². The molecular formula is C12H11BrO3. The van der Waals surface area contributed by atoms with Gasteiger partial charge in [-0.1, -0.05) is 15.9 Å². The van der Waals surface area contributed by atoms with Gasteiger partial charge in [-0.3, -0.25) is 4.79 Å². The van der Waals surface area contributed by atoms with Gasteiger partial charge in [0, 0.05) is 10.9 Å². The molecule has 1 unspecified atom stereocenters. The monoisotopic (exact) mass is 282 g/mol. The summed E-state index contributed by atoms with van der Waals surface area (Å²) in [6, 6.07) is 5.53. The van der Waals surface area contributed by atoms with Crippen molar-refractivity contribution in [3.05, 3.63) is 28.2 Å². The van der Waals surface area contributed by atoms with Crippen LogP contribution in [0.4, 0.5) is 0 Å². The normalized spacial score (nSPS) is 27.9. The van der Waals surface area contributed by atoms with Crippen LogP contribution in [-0.4, -0.2) is 24.6 Å². The number of ketones is 1. The minimum atomic E-state index is -0.412. The van der Waals surface area contributed by atoms with Gasteiger partial charge in [0.25, 0.3) is 0 Å². The Morgan fingerprint density at radius 2 is 2.25 bits per heavy atom. The number of hydrogen-bond acceptors (Lipinski definition) is 3. The number of ether oxygens (including phenoxy) is 2. The van der Waals surface area contributed by atoms with Gasteiger partial charge in [-0.05, 0) is 18.2 Å².